The smallest absolute Gasteiger partial charge is 0.243 e. The van der Waals surface area contributed by atoms with Gasteiger partial charge in [-0.15, -0.1) is 0 Å². The lowest BCUT2D eigenvalue weighted by molar-refractivity contribution is -0.121. The van der Waals surface area contributed by atoms with Crippen LogP contribution in [0.25, 0.3) is 10.4 Å². The van der Waals surface area contributed by atoms with E-state index in [1.54, 1.807) is 30.3 Å². The van der Waals surface area contributed by atoms with Gasteiger partial charge in [0.1, 0.15) is 6.04 Å². The third-order valence-electron chi connectivity index (χ3n) is 2.33. The van der Waals surface area contributed by atoms with E-state index in [-0.39, 0.29) is 12.3 Å². The Morgan fingerprint density at radius 3 is 2.62 bits per heavy atom. The molecule has 0 N–H and O–H groups in total. The zero-order chi connectivity index (χ0) is 11.5. The fourth-order valence-electron chi connectivity index (χ4n) is 1.62. The largest absolute Gasteiger partial charge is 0.274 e. The van der Waals surface area contributed by atoms with E-state index in [1.165, 1.54) is 0 Å². The van der Waals surface area contributed by atoms with Crippen molar-refractivity contribution in [3.63, 3.8) is 0 Å². The van der Waals surface area contributed by atoms with Crippen LogP contribution in [-0.4, -0.2) is 17.9 Å². The highest BCUT2D eigenvalue weighted by molar-refractivity contribution is 6.22. The average Bonchev–Trinajstić information content (AvgIpc) is 2.56. The molecule has 16 heavy (non-hydrogen) atoms. The number of hydrogen-bond acceptors (Lipinski definition) is 3. The van der Waals surface area contributed by atoms with E-state index in [1.807, 2.05) is 0 Å². The topological polar surface area (TPSA) is 86.1 Å². The molecule has 0 bridgehead atoms. The van der Waals surface area contributed by atoms with Gasteiger partial charge in [0.05, 0.1) is 5.69 Å². The summed E-state index contributed by atoms with van der Waals surface area (Å²) in [5, 5.41) is 3.30. The van der Waals surface area contributed by atoms with Gasteiger partial charge in [-0.1, -0.05) is 23.3 Å². The third-order valence-corrected chi connectivity index (χ3v) is 2.33. The molecule has 0 aliphatic carbocycles. The van der Waals surface area contributed by atoms with Crippen LogP contribution in [-0.2, 0) is 9.59 Å². The number of hydrogen-bond donors (Lipinski definition) is 0. The lowest BCUT2D eigenvalue weighted by Gasteiger charge is -2.13. The highest BCUT2D eigenvalue weighted by Gasteiger charge is 2.38. The van der Waals surface area contributed by atoms with Gasteiger partial charge >= 0.3 is 0 Å². The van der Waals surface area contributed by atoms with E-state index < -0.39 is 11.9 Å². The molecule has 6 nitrogen and oxygen atoms in total. The molecule has 1 unspecified atom stereocenters. The number of nitrogens with zero attached hydrogens (tertiary/aromatic N) is 4. The van der Waals surface area contributed by atoms with Crippen molar-refractivity contribution in [2.75, 3.05) is 4.90 Å². The highest BCUT2D eigenvalue weighted by atomic mass is 16.2. The zero-order valence-corrected chi connectivity index (χ0v) is 8.28. The van der Waals surface area contributed by atoms with Gasteiger partial charge in [0.25, 0.3) is 0 Å². The van der Waals surface area contributed by atoms with Crippen molar-refractivity contribution in [1.29, 1.82) is 0 Å². The second-order valence-corrected chi connectivity index (χ2v) is 3.33. The van der Waals surface area contributed by atoms with Crippen LogP contribution in [0.1, 0.15) is 6.42 Å². The summed E-state index contributed by atoms with van der Waals surface area (Å²) in [4.78, 5) is 26.9. The molecule has 1 aliphatic rings. The number of para-hydroxylation sites is 1. The first-order valence-electron chi connectivity index (χ1n) is 4.70. The standard InChI is InChI=1S/C10H8N4O2/c11-13-12-8-6-9(15)14(10(8)16)7-4-2-1-3-5-7/h1-5,8H,6H2. The molecule has 6 heteroatoms. The molecule has 80 valence electrons. The Bertz CT molecular complexity index is 479. The van der Waals surface area contributed by atoms with Gasteiger partial charge in [0, 0.05) is 11.3 Å². The number of rotatable bonds is 2. The van der Waals surface area contributed by atoms with Crippen molar-refractivity contribution < 1.29 is 9.59 Å². The van der Waals surface area contributed by atoms with Crippen LogP contribution in [0.3, 0.4) is 0 Å². The predicted molar refractivity (Wildman–Crippen MR) is 56.5 cm³/mol. The fraction of sp³-hybridized carbons (Fsp3) is 0.200. The maximum absolute atomic E-state index is 11.7. The van der Waals surface area contributed by atoms with Gasteiger partial charge in [0.2, 0.25) is 11.8 Å². The van der Waals surface area contributed by atoms with Gasteiger partial charge < -0.3 is 0 Å². The molecule has 1 atom stereocenters. The van der Waals surface area contributed by atoms with Crippen LogP contribution < -0.4 is 4.90 Å². The predicted octanol–water partition coefficient (Wildman–Crippen LogP) is 1.63. The summed E-state index contributed by atoms with van der Waals surface area (Å²) in [7, 11) is 0. The molecule has 1 fully saturated rings. The Kier molecular flexibility index (Phi) is 2.57. The van der Waals surface area contributed by atoms with Crippen LogP contribution in [0.15, 0.2) is 35.4 Å². The van der Waals surface area contributed by atoms with E-state index in [4.69, 9.17) is 5.53 Å². The van der Waals surface area contributed by atoms with E-state index in [0.29, 0.717) is 5.69 Å². The first kappa shape index (κ1) is 10.2. The van der Waals surface area contributed by atoms with Crippen molar-refractivity contribution in [3.8, 4) is 0 Å². The maximum Gasteiger partial charge on any atom is 0.243 e. The third kappa shape index (κ3) is 1.62. The Morgan fingerprint density at radius 1 is 1.31 bits per heavy atom. The molecular weight excluding hydrogens is 208 g/mol. The minimum Gasteiger partial charge on any atom is -0.274 e. The summed E-state index contributed by atoms with van der Waals surface area (Å²) in [6, 6.07) is 7.67. The van der Waals surface area contributed by atoms with Crippen molar-refractivity contribution >= 4 is 17.5 Å². The Labute approximate surface area is 91.1 Å². The quantitative estimate of drug-likeness (QED) is 0.325. The number of carbonyl (C=O) groups excluding carboxylic acids is 2. The van der Waals surface area contributed by atoms with Crippen LogP contribution in [0, 0.1) is 0 Å². The molecule has 1 aromatic carbocycles. The Hall–Kier alpha value is -2.33. The number of azide groups is 1. The van der Waals surface area contributed by atoms with Gasteiger partial charge in [0.15, 0.2) is 0 Å². The monoisotopic (exact) mass is 216 g/mol. The maximum atomic E-state index is 11.7. The second kappa shape index (κ2) is 4.04. The molecule has 0 radical (unpaired) electrons. The highest BCUT2D eigenvalue weighted by Crippen LogP contribution is 2.23. The number of carbonyl (C=O) groups is 2. The summed E-state index contributed by atoms with van der Waals surface area (Å²) in [5.41, 5.74) is 8.77. The Balaban J connectivity index is 2.34. The molecule has 2 amide bonds. The number of amides is 2. The molecule has 0 saturated carbocycles. The number of benzene rings is 1. The SMILES string of the molecule is [N-]=[N+]=NC1CC(=O)N(c2ccccc2)C1=O. The molecular formula is C10H8N4O2. The second-order valence-electron chi connectivity index (χ2n) is 3.33. The van der Waals surface area contributed by atoms with Crippen molar-refractivity contribution in [3.05, 3.63) is 40.8 Å². The lowest BCUT2D eigenvalue weighted by atomic mass is 10.3. The van der Waals surface area contributed by atoms with Crippen LogP contribution in [0.4, 0.5) is 5.69 Å². The molecule has 0 aromatic heterocycles. The zero-order valence-electron chi connectivity index (χ0n) is 8.28. The van der Waals surface area contributed by atoms with E-state index in [2.05, 4.69) is 10.0 Å². The first-order chi connectivity index (χ1) is 7.74. The summed E-state index contributed by atoms with van der Waals surface area (Å²) in [6.45, 7) is 0. The van der Waals surface area contributed by atoms with Gasteiger partial charge in [-0.25, -0.2) is 0 Å². The van der Waals surface area contributed by atoms with Crippen molar-refractivity contribution in [1.82, 2.24) is 0 Å². The summed E-state index contributed by atoms with van der Waals surface area (Å²) in [6.07, 6.45) is -0.0578. The minimum atomic E-state index is -0.905. The summed E-state index contributed by atoms with van der Waals surface area (Å²) in [5.74, 6) is -0.803. The Morgan fingerprint density at radius 2 is 2.00 bits per heavy atom. The normalized spacial score (nSPS) is 19.8. The summed E-state index contributed by atoms with van der Waals surface area (Å²) < 4.78 is 0. The van der Waals surface area contributed by atoms with Crippen LogP contribution in [0.2, 0.25) is 0 Å². The van der Waals surface area contributed by atoms with Gasteiger partial charge in [-0.3, -0.25) is 14.5 Å². The van der Waals surface area contributed by atoms with E-state index in [0.717, 1.165) is 4.90 Å². The number of imide groups is 1. The van der Waals surface area contributed by atoms with Crippen molar-refractivity contribution in [2.45, 2.75) is 12.5 Å². The minimum absolute atomic E-state index is 0.0578. The molecule has 1 saturated heterocycles. The van der Waals surface area contributed by atoms with Crippen LogP contribution in [0.5, 0.6) is 0 Å². The number of anilines is 1. The molecule has 1 aliphatic heterocycles. The van der Waals surface area contributed by atoms with Crippen LogP contribution >= 0.6 is 0 Å². The molecule has 1 heterocycles. The van der Waals surface area contributed by atoms with Gasteiger partial charge in [-0.05, 0) is 17.7 Å². The molecule has 2 rings (SSSR count). The van der Waals surface area contributed by atoms with Crippen molar-refractivity contribution in [2.24, 2.45) is 5.11 Å². The fourth-order valence-corrected chi connectivity index (χ4v) is 1.62. The average molecular weight is 216 g/mol. The first-order valence-corrected chi connectivity index (χ1v) is 4.70. The molecule has 1 aromatic rings. The molecule has 0 spiro atoms. The van der Waals surface area contributed by atoms with Gasteiger partial charge in [-0.2, -0.15) is 0 Å². The lowest BCUT2D eigenvalue weighted by Crippen LogP contribution is -2.31. The van der Waals surface area contributed by atoms with E-state index >= 15 is 0 Å². The summed E-state index contributed by atoms with van der Waals surface area (Å²) >= 11 is 0. The van der Waals surface area contributed by atoms with E-state index in [9.17, 15) is 9.59 Å².